The van der Waals surface area contributed by atoms with Gasteiger partial charge < -0.3 is 15.0 Å². The molecule has 2 fully saturated rings. The summed E-state index contributed by atoms with van der Waals surface area (Å²) >= 11 is 0. The molecule has 0 aromatic heterocycles. The van der Waals surface area contributed by atoms with Crippen LogP contribution in [0.4, 0.5) is 0 Å². The monoisotopic (exact) mass is 409 g/mol. The van der Waals surface area contributed by atoms with E-state index in [0.29, 0.717) is 31.1 Å². The third kappa shape index (κ3) is 5.11. The lowest BCUT2D eigenvalue weighted by Gasteiger charge is -2.29. The second kappa shape index (κ2) is 9.35. The Morgan fingerprint density at radius 3 is 2.71 bits per heavy atom. The Morgan fingerprint density at radius 2 is 2.04 bits per heavy atom. The van der Waals surface area contributed by atoms with Gasteiger partial charge in [-0.3, -0.25) is 4.79 Å². The molecule has 7 nitrogen and oxygen atoms in total. The lowest BCUT2D eigenvalue weighted by molar-refractivity contribution is -0.131. The van der Waals surface area contributed by atoms with Crippen LogP contribution in [0.2, 0.25) is 0 Å². The molecular weight excluding hydrogens is 378 g/mol. The second-order valence-electron chi connectivity index (χ2n) is 7.65. The van der Waals surface area contributed by atoms with Gasteiger partial charge in [0, 0.05) is 52.3 Å². The number of hydrogen-bond acceptors (Lipinski definition) is 5. The van der Waals surface area contributed by atoms with Crippen molar-refractivity contribution < 1.29 is 17.9 Å². The maximum atomic E-state index is 13.4. The van der Waals surface area contributed by atoms with E-state index in [0.717, 1.165) is 37.1 Å². The van der Waals surface area contributed by atoms with Gasteiger partial charge in [-0.1, -0.05) is 12.1 Å². The molecule has 0 aliphatic carbocycles. The fraction of sp³-hybridized carbons (Fsp3) is 0.650. The highest BCUT2D eigenvalue weighted by molar-refractivity contribution is 7.89. The van der Waals surface area contributed by atoms with E-state index in [1.54, 1.807) is 6.07 Å². The molecular formula is C20H31N3O4S. The summed E-state index contributed by atoms with van der Waals surface area (Å²) in [7, 11) is -3.70. The Bertz CT molecular complexity index is 785. The Hall–Kier alpha value is -1.48. The first-order valence-corrected chi connectivity index (χ1v) is 11.5. The van der Waals surface area contributed by atoms with Crippen LogP contribution < -0.4 is 5.32 Å². The number of hydrogen-bond donors (Lipinski definition) is 1. The van der Waals surface area contributed by atoms with Crippen LogP contribution in [-0.4, -0.2) is 75.5 Å². The van der Waals surface area contributed by atoms with Gasteiger partial charge in [-0.2, -0.15) is 4.31 Å². The predicted molar refractivity (Wildman–Crippen MR) is 108 cm³/mol. The van der Waals surface area contributed by atoms with E-state index in [4.69, 9.17) is 4.74 Å². The number of carbonyl (C=O) groups excluding carboxylic acids is 1. The van der Waals surface area contributed by atoms with Gasteiger partial charge in [-0.25, -0.2) is 8.42 Å². The molecule has 0 bridgehead atoms. The molecule has 0 saturated carbocycles. The Kier molecular flexibility index (Phi) is 7.09. The third-order valence-electron chi connectivity index (χ3n) is 5.44. The fourth-order valence-electron chi connectivity index (χ4n) is 3.74. The first-order valence-electron chi connectivity index (χ1n) is 10.1. The summed E-state index contributed by atoms with van der Waals surface area (Å²) in [5.41, 5.74) is 1.62. The van der Waals surface area contributed by atoms with Crippen molar-refractivity contribution in [2.75, 3.05) is 45.9 Å². The number of amides is 1. The highest BCUT2D eigenvalue weighted by Crippen LogP contribution is 2.24. The van der Waals surface area contributed by atoms with Crippen LogP contribution in [0.15, 0.2) is 23.1 Å². The summed E-state index contributed by atoms with van der Waals surface area (Å²) in [6.45, 7) is 7.75. The molecule has 3 rings (SSSR count). The van der Waals surface area contributed by atoms with Crippen LogP contribution >= 0.6 is 0 Å². The van der Waals surface area contributed by atoms with E-state index < -0.39 is 10.0 Å². The van der Waals surface area contributed by atoms with Gasteiger partial charge in [0.05, 0.1) is 11.0 Å². The van der Waals surface area contributed by atoms with Crippen molar-refractivity contribution in [1.82, 2.24) is 14.5 Å². The summed E-state index contributed by atoms with van der Waals surface area (Å²) < 4.78 is 34.0. The largest absolute Gasteiger partial charge is 0.377 e. The van der Waals surface area contributed by atoms with Crippen molar-refractivity contribution in [3.05, 3.63) is 29.3 Å². The van der Waals surface area contributed by atoms with E-state index in [2.05, 4.69) is 5.32 Å². The predicted octanol–water partition coefficient (Wildman–Crippen LogP) is 1.30. The molecule has 2 aliphatic heterocycles. The molecule has 1 aromatic rings. The lowest BCUT2D eigenvalue weighted by Crippen LogP contribution is -2.47. The van der Waals surface area contributed by atoms with Gasteiger partial charge in [-0.05, 0) is 43.9 Å². The number of aryl methyl sites for hydroxylation is 2. The van der Waals surface area contributed by atoms with Crippen LogP contribution in [0.3, 0.4) is 0 Å². The molecule has 0 spiro atoms. The smallest absolute Gasteiger partial charge is 0.243 e. The summed E-state index contributed by atoms with van der Waals surface area (Å²) in [4.78, 5) is 14.7. The normalized spacial score (nSPS) is 20.7. The summed E-state index contributed by atoms with van der Waals surface area (Å²) in [5.74, 6) is 0.00926. The minimum Gasteiger partial charge on any atom is -0.377 e. The third-order valence-corrected chi connectivity index (χ3v) is 7.44. The molecule has 0 radical (unpaired) electrons. The molecule has 0 unspecified atom stereocenters. The average molecular weight is 410 g/mol. The summed E-state index contributed by atoms with van der Waals surface area (Å²) in [6.07, 6.45) is 1.89. The summed E-state index contributed by atoms with van der Waals surface area (Å²) in [5, 5.41) is 3.22. The quantitative estimate of drug-likeness (QED) is 0.734. The molecule has 1 aromatic carbocycles. The van der Waals surface area contributed by atoms with Crippen LogP contribution in [0.5, 0.6) is 0 Å². The van der Waals surface area contributed by atoms with Crippen LogP contribution in [0.1, 0.15) is 30.4 Å². The molecule has 2 heterocycles. The van der Waals surface area contributed by atoms with E-state index in [-0.39, 0.29) is 25.0 Å². The maximum Gasteiger partial charge on any atom is 0.243 e. The van der Waals surface area contributed by atoms with Crippen LogP contribution in [0, 0.1) is 13.8 Å². The fourth-order valence-corrected chi connectivity index (χ4v) is 5.52. The van der Waals surface area contributed by atoms with Crippen molar-refractivity contribution in [3.63, 3.8) is 0 Å². The van der Waals surface area contributed by atoms with Gasteiger partial charge in [0.25, 0.3) is 0 Å². The molecule has 1 N–H and O–H groups in total. The van der Waals surface area contributed by atoms with Crippen LogP contribution in [-0.2, 0) is 19.6 Å². The standard InChI is InChI=1S/C20H31N3O4S/c1-16-5-6-17(2)19(14-16)28(25,26)23(15-18-4-3-13-27-18)10-7-20(24)22-11-8-21-9-12-22/h5-6,14,18,21H,3-4,7-13,15H2,1-2H3/t18-/m1/s1. The van der Waals surface area contributed by atoms with E-state index >= 15 is 0 Å². The zero-order valence-corrected chi connectivity index (χ0v) is 17.6. The van der Waals surface area contributed by atoms with Crippen molar-refractivity contribution in [3.8, 4) is 0 Å². The topological polar surface area (TPSA) is 79.0 Å². The van der Waals surface area contributed by atoms with Crippen LogP contribution in [0.25, 0.3) is 0 Å². The summed E-state index contributed by atoms with van der Waals surface area (Å²) in [6, 6.07) is 5.45. The SMILES string of the molecule is Cc1ccc(C)c(S(=O)(=O)N(CCC(=O)N2CCNCC2)C[C@H]2CCCO2)c1. The number of ether oxygens (including phenoxy) is 1. The molecule has 1 amide bonds. The Morgan fingerprint density at radius 1 is 1.29 bits per heavy atom. The molecule has 2 saturated heterocycles. The maximum absolute atomic E-state index is 13.4. The van der Waals surface area contributed by atoms with Crippen molar-refractivity contribution in [2.45, 2.75) is 44.1 Å². The average Bonchev–Trinajstić information content (AvgIpc) is 3.20. The molecule has 8 heteroatoms. The number of carbonyl (C=O) groups is 1. The van der Waals surface area contributed by atoms with E-state index in [9.17, 15) is 13.2 Å². The minimum atomic E-state index is -3.70. The lowest BCUT2D eigenvalue weighted by atomic mass is 10.2. The van der Waals surface area contributed by atoms with Gasteiger partial charge in [0.2, 0.25) is 15.9 Å². The molecule has 1 atom stereocenters. The van der Waals surface area contributed by atoms with Gasteiger partial charge >= 0.3 is 0 Å². The highest BCUT2D eigenvalue weighted by Gasteiger charge is 2.31. The van der Waals surface area contributed by atoms with Crippen molar-refractivity contribution >= 4 is 15.9 Å². The Labute approximate surface area is 168 Å². The Balaban J connectivity index is 1.77. The first kappa shape index (κ1) is 21.2. The number of benzene rings is 1. The van der Waals surface area contributed by atoms with Gasteiger partial charge in [0.1, 0.15) is 0 Å². The van der Waals surface area contributed by atoms with Gasteiger partial charge in [0.15, 0.2) is 0 Å². The highest BCUT2D eigenvalue weighted by atomic mass is 32.2. The van der Waals surface area contributed by atoms with Gasteiger partial charge in [-0.15, -0.1) is 0 Å². The first-order chi connectivity index (χ1) is 13.4. The van der Waals surface area contributed by atoms with Crippen molar-refractivity contribution in [1.29, 1.82) is 0 Å². The van der Waals surface area contributed by atoms with E-state index in [1.807, 2.05) is 30.9 Å². The zero-order valence-electron chi connectivity index (χ0n) is 16.8. The minimum absolute atomic E-state index is 0.00926. The number of piperazine rings is 1. The number of nitrogens with one attached hydrogen (secondary N) is 1. The molecule has 28 heavy (non-hydrogen) atoms. The van der Waals surface area contributed by atoms with Crippen molar-refractivity contribution in [2.24, 2.45) is 0 Å². The number of nitrogens with zero attached hydrogens (tertiary/aromatic N) is 2. The van der Waals surface area contributed by atoms with E-state index in [1.165, 1.54) is 4.31 Å². The second-order valence-corrected chi connectivity index (χ2v) is 9.55. The number of sulfonamides is 1. The molecule has 156 valence electrons. The molecule has 2 aliphatic rings. The zero-order chi connectivity index (χ0) is 20.1. The number of rotatable bonds is 7.